The van der Waals surface area contributed by atoms with Gasteiger partial charge in [0.2, 0.25) is 11.4 Å². The first kappa shape index (κ1) is 20.0. The molecule has 0 radical (unpaired) electrons. The summed E-state index contributed by atoms with van der Waals surface area (Å²) < 4.78 is 13.8. The molecule has 0 amide bonds. The molecule has 2 aliphatic rings. The highest BCUT2D eigenvalue weighted by Crippen LogP contribution is 2.64. The Morgan fingerprint density at radius 2 is 1.87 bits per heavy atom. The van der Waals surface area contributed by atoms with E-state index in [9.17, 15) is 14.7 Å². The predicted molar refractivity (Wildman–Crippen MR) is 113 cm³/mol. The van der Waals surface area contributed by atoms with E-state index < -0.39 is 34.8 Å². The van der Waals surface area contributed by atoms with E-state index in [0.29, 0.717) is 11.1 Å². The first-order valence-electron chi connectivity index (χ1n) is 9.73. The molecule has 2 bridgehead atoms. The zero-order chi connectivity index (χ0) is 22.0. The number of aromatic nitrogens is 2. The number of esters is 1. The zero-order valence-electron chi connectivity index (χ0n) is 16.8. The number of hydrogen-bond donors (Lipinski definition) is 1. The molecule has 1 N–H and O–H groups in total. The average Bonchev–Trinajstić information content (AvgIpc) is 3.21. The highest BCUT2D eigenvalue weighted by molar-refractivity contribution is 9.10. The van der Waals surface area contributed by atoms with E-state index in [0.717, 1.165) is 4.47 Å². The number of rotatable bonds is 3. The Labute approximate surface area is 186 Å². The van der Waals surface area contributed by atoms with Crippen LogP contribution in [-0.4, -0.2) is 33.7 Å². The smallest absolute Gasteiger partial charge is 0.313 e. The number of Topliss-reactive ketones (excluding diaryl/α,β-unsaturated/α-hetero) is 1. The van der Waals surface area contributed by atoms with E-state index >= 15 is 0 Å². The monoisotopic (exact) mass is 482 g/mol. The van der Waals surface area contributed by atoms with Crippen molar-refractivity contribution in [2.45, 2.75) is 17.1 Å². The standard InChI is InChI=1S/C23H19BrN2O5/c1-26-12-16-19(25-26)22(29)18(20(27)30-2)17(13-6-4-3-5-7-13)23(31-16,21(22)28)14-8-10-15(24)11-9-14/h3-12,17-18,29H,1-2H3/t17-,18-,22-,23+/m1/s1. The molecular weight excluding hydrogens is 464 g/mol. The molecule has 1 aliphatic heterocycles. The normalized spacial score (nSPS) is 28.7. The van der Waals surface area contributed by atoms with Gasteiger partial charge in [0.15, 0.2) is 11.4 Å². The van der Waals surface area contributed by atoms with Gasteiger partial charge < -0.3 is 14.6 Å². The van der Waals surface area contributed by atoms with Gasteiger partial charge in [-0.05, 0) is 17.7 Å². The van der Waals surface area contributed by atoms with Crippen LogP contribution < -0.4 is 4.74 Å². The van der Waals surface area contributed by atoms with Crippen molar-refractivity contribution in [1.82, 2.24) is 9.78 Å². The van der Waals surface area contributed by atoms with E-state index in [4.69, 9.17) is 9.47 Å². The minimum Gasteiger partial charge on any atom is -0.470 e. The number of carbonyl (C=O) groups is 2. The summed E-state index contributed by atoms with van der Waals surface area (Å²) in [6, 6.07) is 16.2. The summed E-state index contributed by atoms with van der Waals surface area (Å²) >= 11 is 3.42. The lowest BCUT2D eigenvalue weighted by atomic mass is 9.75. The number of aryl methyl sites for hydroxylation is 1. The number of ether oxygens (including phenoxy) is 2. The van der Waals surface area contributed by atoms with Gasteiger partial charge in [0.25, 0.3) is 0 Å². The van der Waals surface area contributed by atoms with Gasteiger partial charge in [-0.3, -0.25) is 14.3 Å². The molecule has 0 saturated heterocycles. The van der Waals surface area contributed by atoms with Crippen LogP contribution in [0.3, 0.4) is 0 Å². The van der Waals surface area contributed by atoms with Crippen molar-refractivity contribution < 1.29 is 24.2 Å². The van der Waals surface area contributed by atoms with Gasteiger partial charge in [0.05, 0.1) is 19.2 Å². The second kappa shape index (κ2) is 6.77. The number of methoxy groups -OCH3 is 1. The molecule has 1 saturated carbocycles. The van der Waals surface area contributed by atoms with Crippen molar-refractivity contribution in [1.29, 1.82) is 0 Å². The maximum absolute atomic E-state index is 14.1. The topological polar surface area (TPSA) is 90.7 Å². The molecule has 2 heterocycles. The second-order valence-electron chi connectivity index (χ2n) is 7.84. The summed E-state index contributed by atoms with van der Waals surface area (Å²) in [6.45, 7) is 0. The summed E-state index contributed by atoms with van der Waals surface area (Å²) in [6.07, 6.45) is 1.60. The van der Waals surface area contributed by atoms with Crippen LogP contribution in [0.5, 0.6) is 5.75 Å². The van der Waals surface area contributed by atoms with Crippen LogP contribution in [0, 0.1) is 5.92 Å². The summed E-state index contributed by atoms with van der Waals surface area (Å²) in [5.74, 6) is -3.14. The number of aliphatic hydroxyl groups is 1. The summed E-state index contributed by atoms with van der Waals surface area (Å²) in [4.78, 5) is 27.2. The van der Waals surface area contributed by atoms with Crippen molar-refractivity contribution in [2.24, 2.45) is 13.0 Å². The summed E-state index contributed by atoms with van der Waals surface area (Å²) in [5.41, 5.74) is -2.59. The van der Waals surface area contributed by atoms with Crippen LogP contribution in [0.15, 0.2) is 65.3 Å². The molecule has 1 fully saturated rings. The van der Waals surface area contributed by atoms with Crippen molar-refractivity contribution in [3.63, 3.8) is 0 Å². The Bertz CT molecular complexity index is 1190. The van der Waals surface area contributed by atoms with Gasteiger partial charge in [0, 0.05) is 17.1 Å². The predicted octanol–water partition coefficient (Wildman–Crippen LogP) is 2.81. The van der Waals surface area contributed by atoms with Crippen molar-refractivity contribution in [2.75, 3.05) is 7.11 Å². The minimum absolute atomic E-state index is 0.0292. The van der Waals surface area contributed by atoms with E-state index in [1.165, 1.54) is 11.8 Å². The molecule has 31 heavy (non-hydrogen) atoms. The molecule has 0 spiro atoms. The average molecular weight is 483 g/mol. The van der Waals surface area contributed by atoms with Gasteiger partial charge in [-0.15, -0.1) is 0 Å². The fourth-order valence-electron chi connectivity index (χ4n) is 4.97. The minimum atomic E-state index is -2.20. The van der Waals surface area contributed by atoms with Gasteiger partial charge >= 0.3 is 5.97 Å². The lowest BCUT2D eigenvalue weighted by Gasteiger charge is -2.37. The van der Waals surface area contributed by atoms with Crippen LogP contribution in [-0.2, 0) is 32.6 Å². The van der Waals surface area contributed by atoms with Crippen molar-refractivity contribution in [3.8, 4) is 5.75 Å². The maximum Gasteiger partial charge on any atom is 0.313 e. The van der Waals surface area contributed by atoms with E-state index in [1.54, 1.807) is 37.5 Å². The Balaban J connectivity index is 1.88. The van der Waals surface area contributed by atoms with Crippen molar-refractivity contribution in [3.05, 3.63) is 82.1 Å². The van der Waals surface area contributed by atoms with Crippen molar-refractivity contribution >= 4 is 27.7 Å². The summed E-state index contributed by atoms with van der Waals surface area (Å²) in [5, 5.41) is 16.2. The highest BCUT2D eigenvalue weighted by Gasteiger charge is 2.77. The lowest BCUT2D eigenvalue weighted by Crippen LogP contribution is -2.51. The number of halogens is 1. The first-order valence-corrected chi connectivity index (χ1v) is 10.5. The van der Waals surface area contributed by atoms with Gasteiger partial charge in [-0.25, -0.2) is 0 Å². The number of benzene rings is 2. The third kappa shape index (κ3) is 2.52. The molecule has 3 aromatic rings. The van der Waals surface area contributed by atoms with Crippen LogP contribution in [0.25, 0.3) is 0 Å². The highest BCUT2D eigenvalue weighted by atomic mass is 79.9. The fraction of sp³-hybridized carbons (Fsp3) is 0.261. The van der Waals surface area contributed by atoms with Crippen LogP contribution in [0.1, 0.15) is 22.7 Å². The number of carbonyl (C=O) groups excluding carboxylic acids is 2. The Morgan fingerprint density at radius 1 is 1.19 bits per heavy atom. The van der Waals surface area contributed by atoms with Crippen LogP contribution in [0.4, 0.5) is 0 Å². The SMILES string of the molecule is COC(=O)[C@H]1[C@@H](c2ccccc2)[C@]2(c3ccc(Br)cc3)Oc3cn(C)nc3[C@@]1(O)C2=O. The van der Waals surface area contributed by atoms with Gasteiger partial charge in [0.1, 0.15) is 11.6 Å². The van der Waals surface area contributed by atoms with Gasteiger partial charge in [-0.2, -0.15) is 5.10 Å². The summed E-state index contributed by atoms with van der Waals surface area (Å²) in [7, 11) is 2.91. The molecule has 0 unspecified atom stereocenters. The number of fused-ring (bicyclic) bond motifs is 4. The maximum atomic E-state index is 14.1. The van der Waals surface area contributed by atoms with E-state index in [-0.39, 0.29) is 11.4 Å². The molecule has 5 rings (SSSR count). The molecule has 4 atom stereocenters. The Kier molecular flexibility index (Phi) is 4.36. The van der Waals surface area contributed by atoms with Crippen LogP contribution >= 0.6 is 15.9 Å². The number of ketones is 1. The molecule has 7 nitrogen and oxygen atoms in total. The molecule has 1 aliphatic carbocycles. The largest absolute Gasteiger partial charge is 0.470 e. The van der Waals surface area contributed by atoms with Gasteiger partial charge in [-0.1, -0.05) is 58.4 Å². The van der Waals surface area contributed by atoms with E-state index in [2.05, 4.69) is 21.0 Å². The third-order valence-corrected chi connectivity index (χ3v) is 6.75. The Hall–Kier alpha value is -2.97. The molecule has 2 aromatic carbocycles. The molecule has 8 heteroatoms. The quantitative estimate of drug-likeness (QED) is 0.577. The van der Waals surface area contributed by atoms with Crippen LogP contribution in [0.2, 0.25) is 0 Å². The first-order chi connectivity index (χ1) is 14.8. The number of hydrogen-bond acceptors (Lipinski definition) is 6. The lowest BCUT2D eigenvalue weighted by molar-refractivity contribution is -0.163. The second-order valence-corrected chi connectivity index (χ2v) is 8.76. The third-order valence-electron chi connectivity index (χ3n) is 6.22. The fourth-order valence-corrected chi connectivity index (χ4v) is 5.24. The zero-order valence-corrected chi connectivity index (χ0v) is 18.4. The van der Waals surface area contributed by atoms with E-state index in [1.807, 2.05) is 30.3 Å². The number of nitrogens with zero attached hydrogens (tertiary/aromatic N) is 2. The molecular formula is C23H19BrN2O5. The Morgan fingerprint density at radius 3 is 2.52 bits per heavy atom. The molecule has 1 aromatic heterocycles. The molecule has 158 valence electrons.